The number of carbonyl (C=O) groups is 2. The van der Waals surface area contributed by atoms with Gasteiger partial charge < -0.3 is 19.4 Å². The number of alkyl halides is 6. The summed E-state index contributed by atoms with van der Waals surface area (Å²) in [5.41, 5.74) is -2.34. The average molecular weight is 602 g/mol. The van der Waals surface area contributed by atoms with Crippen molar-refractivity contribution in [2.45, 2.75) is 83.5 Å². The highest BCUT2D eigenvalue weighted by Crippen LogP contribution is 2.40. The summed E-state index contributed by atoms with van der Waals surface area (Å²) in [5, 5.41) is 0. The number of likely N-dealkylation sites (N-methyl/N-ethyl adjacent to an activating group) is 1. The van der Waals surface area contributed by atoms with E-state index >= 15 is 0 Å². The van der Waals surface area contributed by atoms with Crippen LogP contribution in [0.5, 0.6) is 0 Å². The van der Waals surface area contributed by atoms with Crippen molar-refractivity contribution in [3.63, 3.8) is 0 Å². The van der Waals surface area contributed by atoms with Gasteiger partial charge in [0.1, 0.15) is 5.60 Å². The molecule has 1 aliphatic rings. The molecule has 0 spiro atoms. The molecule has 1 heterocycles. The van der Waals surface area contributed by atoms with E-state index in [1.165, 1.54) is 23.8 Å². The fourth-order valence-electron chi connectivity index (χ4n) is 5.17. The second-order valence-corrected chi connectivity index (χ2v) is 11.7. The lowest BCUT2D eigenvalue weighted by Crippen LogP contribution is -2.55. The highest BCUT2D eigenvalue weighted by molar-refractivity contribution is 5.76. The fourth-order valence-corrected chi connectivity index (χ4v) is 5.17. The first-order valence-electron chi connectivity index (χ1n) is 13.6. The van der Waals surface area contributed by atoms with Crippen LogP contribution >= 0.6 is 0 Å². The van der Waals surface area contributed by atoms with Crippen LogP contribution in [0.1, 0.15) is 80.4 Å². The summed E-state index contributed by atoms with van der Waals surface area (Å²) in [6, 6.07) is 5.80. The molecule has 1 aliphatic heterocycles. The molecule has 1 fully saturated rings. The van der Waals surface area contributed by atoms with Gasteiger partial charge in [0.2, 0.25) is 0 Å². The summed E-state index contributed by atoms with van der Waals surface area (Å²) >= 11 is 0. The van der Waals surface area contributed by atoms with Crippen molar-refractivity contribution in [1.82, 2.24) is 14.7 Å². The minimum absolute atomic E-state index is 0.0635. The molecule has 232 valence electrons. The summed E-state index contributed by atoms with van der Waals surface area (Å²) in [6.45, 7) is 8.73. The molecule has 3 atom stereocenters. The van der Waals surface area contributed by atoms with Crippen molar-refractivity contribution in [1.29, 1.82) is 0 Å². The molecular weight excluding hydrogens is 564 g/mol. The zero-order valence-corrected chi connectivity index (χ0v) is 24.7. The molecule has 3 rings (SSSR count). The van der Waals surface area contributed by atoms with Crippen LogP contribution in [0.15, 0.2) is 42.5 Å². The molecule has 0 aromatic heterocycles. The van der Waals surface area contributed by atoms with Gasteiger partial charge in [0, 0.05) is 20.6 Å². The topological polar surface area (TPSA) is 53.1 Å². The number of aryl methyl sites for hydroxylation is 1. The average Bonchev–Trinajstić information content (AvgIpc) is 2.89. The van der Waals surface area contributed by atoms with Crippen LogP contribution in [-0.4, -0.2) is 59.1 Å². The van der Waals surface area contributed by atoms with E-state index in [1.807, 2.05) is 25.1 Å². The van der Waals surface area contributed by atoms with Gasteiger partial charge >= 0.3 is 24.5 Å². The maximum atomic E-state index is 14.0. The van der Waals surface area contributed by atoms with Crippen LogP contribution < -0.4 is 0 Å². The summed E-state index contributed by atoms with van der Waals surface area (Å²) < 4.78 is 86.7. The first kappa shape index (κ1) is 33.1. The smallest absolute Gasteiger partial charge is 0.416 e. The molecule has 2 unspecified atom stereocenters. The predicted molar refractivity (Wildman–Crippen MR) is 146 cm³/mol. The minimum Gasteiger partial charge on any atom is -0.444 e. The van der Waals surface area contributed by atoms with Crippen molar-refractivity contribution in [3.05, 3.63) is 70.3 Å². The number of amides is 3. The van der Waals surface area contributed by atoms with E-state index in [9.17, 15) is 35.9 Å². The third-order valence-corrected chi connectivity index (χ3v) is 7.51. The molecule has 2 aromatic carbocycles. The van der Waals surface area contributed by atoms with E-state index < -0.39 is 59.3 Å². The van der Waals surface area contributed by atoms with Gasteiger partial charge in [-0.1, -0.05) is 24.3 Å². The number of ether oxygens (including phenoxy) is 1. The van der Waals surface area contributed by atoms with Gasteiger partial charge in [0.25, 0.3) is 0 Å². The largest absolute Gasteiger partial charge is 0.444 e. The van der Waals surface area contributed by atoms with Crippen molar-refractivity contribution in [2.24, 2.45) is 0 Å². The molecule has 0 radical (unpaired) electrons. The van der Waals surface area contributed by atoms with E-state index in [0.717, 1.165) is 16.0 Å². The zero-order valence-electron chi connectivity index (χ0n) is 24.7. The molecule has 0 N–H and O–H groups in total. The van der Waals surface area contributed by atoms with Crippen molar-refractivity contribution in [2.75, 3.05) is 20.6 Å². The molecule has 3 amide bonds. The Morgan fingerprint density at radius 3 is 2.00 bits per heavy atom. The Kier molecular flexibility index (Phi) is 9.48. The van der Waals surface area contributed by atoms with E-state index in [0.29, 0.717) is 25.0 Å². The summed E-state index contributed by atoms with van der Waals surface area (Å²) in [7, 11) is 2.93. The normalized spacial score (nSPS) is 18.8. The third kappa shape index (κ3) is 7.49. The third-order valence-electron chi connectivity index (χ3n) is 7.51. The van der Waals surface area contributed by atoms with Crippen molar-refractivity contribution >= 4 is 12.1 Å². The SMILES string of the molecule is Cc1ccccc1C1[C@H](N(C)C(=O)OC(C)(C)C)CCCN1C(=O)N(C)C(C)c1cc(C(F)(F)F)cc(C(F)(F)F)c1. The van der Waals surface area contributed by atoms with Crippen molar-refractivity contribution in [3.8, 4) is 0 Å². The molecule has 6 nitrogen and oxygen atoms in total. The Hall–Kier alpha value is -3.44. The number of piperidine rings is 1. The molecule has 2 aromatic rings. The number of urea groups is 1. The van der Waals surface area contributed by atoms with Crippen LogP contribution in [-0.2, 0) is 17.1 Å². The number of hydrogen-bond donors (Lipinski definition) is 0. The Morgan fingerprint density at radius 1 is 0.952 bits per heavy atom. The van der Waals surface area contributed by atoms with E-state index in [4.69, 9.17) is 4.74 Å². The van der Waals surface area contributed by atoms with Crippen LogP contribution in [0.3, 0.4) is 0 Å². The second kappa shape index (κ2) is 12.0. The summed E-state index contributed by atoms with van der Waals surface area (Å²) in [6.07, 6.45) is -9.55. The monoisotopic (exact) mass is 601 g/mol. The number of benzene rings is 2. The van der Waals surface area contributed by atoms with Crippen molar-refractivity contribution < 1.29 is 40.7 Å². The quantitative estimate of drug-likeness (QED) is 0.332. The molecule has 1 saturated heterocycles. The van der Waals surface area contributed by atoms with Crippen LogP contribution in [0.4, 0.5) is 35.9 Å². The number of nitrogens with zero attached hydrogens (tertiary/aromatic N) is 3. The van der Waals surface area contributed by atoms with Gasteiger partial charge in [-0.3, -0.25) is 0 Å². The highest BCUT2D eigenvalue weighted by Gasteiger charge is 2.43. The van der Waals surface area contributed by atoms with Crippen LogP contribution in [0, 0.1) is 6.92 Å². The Labute approximate surface area is 242 Å². The Bertz CT molecular complexity index is 1260. The lowest BCUT2D eigenvalue weighted by atomic mass is 9.87. The maximum absolute atomic E-state index is 14.0. The molecule has 0 bridgehead atoms. The van der Waals surface area contributed by atoms with Gasteiger partial charge in [-0.05, 0) is 82.3 Å². The minimum atomic E-state index is -5.01. The van der Waals surface area contributed by atoms with Crippen LogP contribution in [0.2, 0.25) is 0 Å². The van der Waals surface area contributed by atoms with E-state index in [1.54, 1.807) is 33.9 Å². The molecule has 0 aliphatic carbocycles. The summed E-state index contributed by atoms with van der Waals surface area (Å²) in [5.74, 6) is 0. The number of halogens is 6. The van der Waals surface area contributed by atoms with Crippen LogP contribution in [0.25, 0.3) is 0 Å². The highest BCUT2D eigenvalue weighted by atomic mass is 19.4. The molecular formula is C30H37F6N3O3. The van der Waals surface area contributed by atoms with Gasteiger partial charge in [-0.25, -0.2) is 9.59 Å². The fraction of sp³-hybridized carbons (Fsp3) is 0.533. The summed E-state index contributed by atoms with van der Waals surface area (Å²) in [4.78, 5) is 31.2. The Balaban J connectivity index is 2.03. The first-order chi connectivity index (χ1) is 19.2. The number of hydrogen-bond acceptors (Lipinski definition) is 3. The number of rotatable bonds is 4. The number of carbonyl (C=O) groups excluding carboxylic acids is 2. The standard InChI is InChI=1S/C30H37F6N3O3/c1-18-11-8-9-12-23(18)25-24(38(7)27(41)42-28(3,4)5)13-10-14-39(25)26(40)37(6)19(2)20-15-21(29(31,32)33)17-22(16-20)30(34,35)36/h8-9,11-12,15-17,19,24-25H,10,13-14H2,1-7H3/t19?,24-,25?/m1/s1. The zero-order chi connectivity index (χ0) is 31.8. The first-order valence-corrected chi connectivity index (χ1v) is 13.6. The van der Waals surface area contributed by atoms with E-state index in [-0.39, 0.29) is 18.2 Å². The predicted octanol–water partition coefficient (Wildman–Crippen LogP) is 8.22. The van der Waals surface area contributed by atoms with Gasteiger partial charge in [0.15, 0.2) is 0 Å². The van der Waals surface area contributed by atoms with Gasteiger partial charge in [-0.2, -0.15) is 26.3 Å². The Morgan fingerprint density at radius 2 is 1.50 bits per heavy atom. The lowest BCUT2D eigenvalue weighted by molar-refractivity contribution is -0.143. The molecule has 0 saturated carbocycles. The molecule has 42 heavy (non-hydrogen) atoms. The second-order valence-electron chi connectivity index (χ2n) is 11.7. The van der Waals surface area contributed by atoms with Gasteiger partial charge in [0.05, 0.1) is 29.3 Å². The lowest BCUT2D eigenvalue weighted by Gasteiger charge is -2.47. The number of likely N-dealkylation sites (tertiary alicyclic amines) is 1. The van der Waals surface area contributed by atoms with Gasteiger partial charge in [-0.15, -0.1) is 0 Å². The molecule has 12 heteroatoms. The van der Waals surface area contributed by atoms with E-state index in [2.05, 4.69) is 0 Å². The maximum Gasteiger partial charge on any atom is 0.416 e.